The molecule has 10 nitrogen and oxygen atoms in total. The van der Waals surface area contributed by atoms with Crippen molar-refractivity contribution in [2.75, 3.05) is 26.2 Å². The Kier molecular flexibility index (Phi) is 8.68. The number of thiazole rings is 1. The van der Waals surface area contributed by atoms with Crippen LogP contribution in [0.2, 0.25) is 5.02 Å². The number of carboxylic acids is 1. The van der Waals surface area contributed by atoms with Crippen molar-refractivity contribution < 1.29 is 19.4 Å². The molecule has 2 aromatic carbocycles. The molecular weight excluding hydrogens is 684 g/mol. The van der Waals surface area contributed by atoms with Gasteiger partial charge in [0.25, 0.3) is 0 Å². The number of amides is 1. The zero-order valence-electron chi connectivity index (χ0n) is 29.6. The summed E-state index contributed by atoms with van der Waals surface area (Å²) in [5.74, 6) is -0.580. The highest BCUT2D eigenvalue weighted by Gasteiger charge is 2.37. The normalized spacial score (nSPS) is 18.4. The third kappa shape index (κ3) is 6.54. The number of halogens is 1. The van der Waals surface area contributed by atoms with E-state index >= 15 is 0 Å². The Bertz CT molecular complexity index is 2150. The van der Waals surface area contributed by atoms with Crippen molar-refractivity contribution in [3.8, 4) is 21.8 Å². The maximum atomic E-state index is 12.8. The van der Waals surface area contributed by atoms with E-state index in [4.69, 9.17) is 31.4 Å². The number of carboxylic acid groups (broad SMARTS) is 1. The number of carbonyl (C=O) groups is 2. The first-order valence-corrected chi connectivity index (χ1v) is 19.0. The minimum absolute atomic E-state index is 0.156. The quantitative estimate of drug-likeness (QED) is 0.171. The molecule has 2 aliphatic heterocycles. The number of hydrogen-bond acceptors (Lipinski definition) is 8. The van der Waals surface area contributed by atoms with Crippen LogP contribution in [0.1, 0.15) is 88.3 Å². The predicted octanol–water partition coefficient (Wildman–Crippen LogP) is 8.02. The van der Waals surface area contributed by atoms with Gasteiger partial charge in [0.15, 0.2) is 6.10 Å². The monoisotopic (exact) mass is 726 g/mol. The van der Waals surface area contributed by atoms with Crippen molar-refractivity contribution in [1.82, 2.24) is 29.5 Å². The Balaban J connectivity index is 1.19. The van der Waals surface area contributed by atoms with Crippen LogP contribution in [0.25, 0.3) is 43.1 Å². The van der Waals surface area contributed by atoms with Gasteiger partial charge in [-0.2, -0.15) is 5.10 Å². The molecule has 0 unspecified atom stereocenters. The van der Waals surface area contributed by atoms with Gasteiger partial charge in [0.2, 0.25) is 5.91 Å². The number of ether oxygens (including phenoxy) is 1. The molecule has 0 spiro atoms. The summed E-state index contributed by atoms with van der Waals surface area (Å²) in [6, 6.07) is 14.5. The van der Waals surface area contributed by atoms with Crippen LogP contribution in [0.4, 0.5) is 0 Å². The average Bonchev–Trinajstić information content (AvgIpc) is 3.70. The minimum Gasteiger partial charge on any atom is -0.479 e. The van der Waals surface area contributed by atoms with Crippen molar-refractivity contribution in [2.24, 2.45) is 0 Å². The maximum Gasteiger partial charge on any atom is 0.337 e. The fourth-order valence-corrected chi connectivity index (χ4v) is 8.88. The molecule has 3 fully saturated rings. The molecule has 5 heterocycles. The standard InChI is InChI=1S/C39H43ClN6O4S/c1-21-18-29-36(32(23-6-8-25(40)9-7-23)31(21)35(38(48)49)50-39(3,4)5)51-37(42-29)28-12-13-30-34(41-28)33(43-46(30)26-10-11-26)24-14-16-44(17-15-24)27-19-45(20-27)22(2)47/h6-9,12-13,18,24,26-27,35H,10-11,14-17,19-20H2,1-5H3,(H,48,49)/t35-/m0/s1. The highest BCUT2D eigenvalue weighted by molar-refractivity contribution is 7.22. The molecule has 266 valence electrons. The molecule has 51 heavy (non-hydrogen) atoms. The first-order valence-electron chi connectivity index (χ1n) is 17.8. The first kappa shape index (κ1) is 34.2. The summed E-state index contributed by atoms with van der Waals surface area (Å²) in [5.41, 5.74) is 7.00. The lowest BCUT2D eigenvalue weighted by atomic mass is 9.91. The summed E-state index contributed by atoms with van der Waals surface area (Å²) in [6.45, 7) is 12.8. The molecule has 0 bridgehead atoms. The van der Waals surface area contributed by atoms with Crippen LogP contribution in [-0.4, -0.2) is 84.4 Å². The molecule has 8 rings (SSSR count). The number of fused-ring (bicyclic) bond motifs is 2. The Morgan fingerprint density at radius 2 is 1.71 bits per heavy atom. The van der Waals surface area contributed by atoms with Crippen LogP contribution >= 0.6 is 22.9 Å². The van der Waals surface area contributed by atoms with Gasteiger partial charge in [-0.1, -0.05) is 23.7 Å². The molecule has 1 N–H and O–H groups in total. The van der Waals surface area contributed by atoms with Crippen LogP contribution < -0.4 is 0 Å². The van der Waals surface area contributed by atoms with E-state index in [1.807, 2.05) is 69.0 Å². The van der Waals surface area contributed by atoms with Gasteiger partial charge in [0.05, 0.1) is 38.8 Å². The van der Waals surface area contributed by atoms with E-state index in [9.17, 15) is 14.7 Å². The van der Waals surface area contributed by atoms with E-state index in [0.29, 0.717) is 28.6 Å². The lowest BCUT2D eigenvalue weighted by Crippen LogP contribution is -2.61. The second-order valence-electron chi connectivity index (χ2n) is 15.3. The van der Waals surface area contributed by atoms with Gasteiger partial charge in [-0.25, -0.2) is 14.8 Å². The van der Waals surface area contributed by atoms with Crippen LogP contribution in [-0.2, 0) is 14.3 Å². The minimum atomic E-state index is -1.18. The molecule has 1 aliphatic carbocycles. The zero-order chi connectivity index (χ0) is 35.8. The molecule has 0 radical (unpaired) electrons. The first-order chi connectivity index (χ1) is 24.3. The number of rotatable bonds is 8. The summed E-state index contributed by atoms with van der Waals surface area (Å²) >= 11 is 7.82. The summed E-state index contributed by atoms with van der Waals surface area (Å²) < 4.78 is 9.27. The van der Waals surface area contributed by atoms with E-state index in [-0.39, 0.29) is 5.91 Å². The van der Waals surface area contributed by atoms with E-state index < -0.39 is 17.7 Å². The van der Waals surface area contributed by atoms with Crippen LogP contribution in [0, 0.1) is 6.92 Å². The number of pyridine rings is 1. The van der Waals surface area contributed by atoms with Crippen molar-refractivity contribution in [1.29, 1.82) is 0 Å². The summed E-state index contributed by atoms with van der Waals surface area (Å²) in [5, 5.41) is 17.1. The number of aryl methyl sites for hydroxylation is 1. The Hall–Kier alpha value is -3.90. The van der Waals surface area contributed by atoms with Gasteiger partial charge >= 0.3 is 5.97 Å². The second kappa shape index (κ2) is 12.9. The summed E-state index contributed by atoms with van der Waals surface area (Å²) in [6.07, 6.45) is 3.10. The Labute approximate surface area is 306 Å². The van der Waals surface area contributed by atoms with Crippen LogP contribution in [0.15, 0.2) is 42.5 Å². The SMILES string of the molecule is CC(=O)N1CC(N2CCC(c3nn(C4CC4)c4ccc(-c5nc6cc(C)c([C@H](OC(C)(C)C)C(=O)O)c(-c7ccc(Cl)cc7)c6s5)nc34)CC2)C1. The van der Waals surface area contributed by atoms with Gasteiger partial charge in [-0.05, 0) is 108 Å². The van der Waals surface area contributed by atoms with E-state index in [1.54, 1.807) is 6.92 Å². The molecule has 3 aromatic heterocycles. The highest BCUT2D eigenvalue weighted by Crippen LogP contribution is 2.45. The van der Waals surface area contributed by atoms with Gasteiger partial charge < -0.3 is 14.7 Å². The summed E-state index contributed by atoms with van der Waals surface area (Å²) in [4.78, 5) is 39.4. The number of hydrogen-bond donors (Lipinski definition) is 1. The molecule has 5 aromatic rings. The molecule has 1 saturated carbocycles. The van der Waals surface area contributed by atoms with Gasteiger partial charge in [-0.3, -0.25) is 14.4 Å². The number of piperidine rings is 1. The van der Waals surface area contributed by atoms with Gasteiger partial charge in [0.1, 0.15) is 10.5 Å². The molecule has 1 amide bonds. The van der Waals surface area contributed by atoms with Crippen LogP contribution in [0.3, 0.4) is 0 Å². The lowest BCUT2D eigenvalue weighted by Gasteiger charge is -2.47. The molecule has 3 aliphatic rings. The number of nitrogens with zero attached hydrogens (tertiary/aromatic N) is 6. The molecule has 12 heteroatoms. The molecule has 2 saturated heterocycles. The van der Waals surface area contributed by atoms with E-state index in [1.165, 1.54) is 11.3 Å². The third-order valence-electron chi connectivity index (χ3n) is 10.4. The Morgan fingerprint density at radius 3 is 2.33 bits per heavy atom. The smallest absolute Gasteiger partial charge is 0.337 e. The second-order valence-corrected chi connectivity index (χ2v) is 16.8. The van der Waals surface area contributed by atoms with Crippen molar-refractivity contribution in [2.45, 2.75) is 90.0 Å². The summed E-state index contributed by atoms with van der Waals surface area (Å²) in [7, 11) is 0. The molecular formula is C39H43ClN6O4S. The zero-order valence-corrected chi connectivity index (χ0v) is 31.2. The van der Waals surface area contributed by atoms with E-state index in [2.05, 4.69) is 15.6 Å². The number of carbonyl (C=O) groups excluding carboxylic acids is 1. The van der Waals surface area contributed by atoms with Crippen molar-refractivity contribution in [3.05, 3.63) is 64.3 Å². The fourth-order valence-electron chi connectivity index (χ4n) is 7.66. The van der Waals surface area contributed by atoms with Crippen molar-refractivity contribution >= 4 is 56.1 Å². The highest BCUT2D eigenvalue weighted by atomic mass is 35.5. The third-order valence-corrected chi connectivity index (χ3v) is 11.8. The van der Waals surface area contributed by atoms with Gasteiger partial charge in [-0.15, -0.1) is 11.3 Å². The van der Waals surface area contributed by atoms with Crippen molar-refractivity contribution in [3.63, 3.8) is 0 Å². The van der Waals surface area contributed by atoms with Crippen LogP contribution in [0.5, 0.6) is 0 Å². The van der Waals surface area contributed by atoms with Gasteiger partial charge in [0, 0.05) is 48.1 Å². The maximum absolute atomic E-state index is 12.8. The predicted molar refractivity (Wildman–Crippen MR) is 200 cm³/mol. The topological polar surface area (TPSA) is 114 Å². The molecule has 1 atom stereocenters. The Morgan fingerprint density at radius 1 is 1.00 bits per heavy atom. The largest absolute Gasteiger partial charge is 0.479 e. The van der Waals surface area contributed by atoms with E-state index in [0.717, 1.165) is 106 Å². The fraction of sp³-hybridized carbons (Fsp3) is 0.462. The number of aliphatic carboxylic acids is 1. The number of benzene rings is 2. The lowest BCUT2D eigenvalue weighted by molar-refractivity contribution is -0.160. The number of likely N-dealkylation sites (tertiary alicyclic amines) is 2. The average molecular weight is 727 g/mol. The number of aromatic nitrogens is 4.